The molecule has 0 spiro atoms. The normalized spacial score (nSPS) is 17.3. The Bertz CT molecular complexity index is 1240. The molecule has 6 heteroatoms. The van der Waals surface area contributed by atoms with Crippen LogP contribution in [0.4, 0.5) is 10.2 Å². The summed E-state index contributed by atoms with van der Waals surface area (Å²) in [7, 11) is 2.18. The maximum Gasteiger partial charge on any atom is 0.142 e. The van der Waals surface area contributed by atoms with Crippen molar-refractivity contribution in [1.82, 2.24) is 14.9 Å². The Morgan fingerprint density at radius 2 is 1.91 bits per heavy atom. The van der Waals surface area contributed by atoms with Crippen LogP contribution in [0.5, 0.6) is 0 Å². The summed E-state index contributed by atoms with van der Waals surface area (Å²) in [5, 5.41) is 5.33. The Kier molecular flexibility index (Phi) is 5.53. The maximum absolute atomic E-state index is 13.6. The van der Waals surface area contributed by atoms with Crippen LogP contribution in [0.15, 0.2) is 78.0 Å². The van der Waals surface area contributed by atoms with Crippen molar-refractivity contribution in [3.63, 3.8) is 0 Å². The summed E-state index contributed by atoms with van der Waals surface area (Å²) in [5.41, 5.74) is 4.59. The third kappa shape index (κ3) is 4.32. The highest BCUT2D eigenvalue weighted by Gasteiger charge is 2.24. The predicted molar refractivity (Wildman–Crippen MR) is 128 cm³/mol. The van der Waals surface area contributed by atoms with Crippen LogP contribution in [0.2, 0.25) is 0 Å². The van der Waals surface area contributed by atoms with E-state index < -0.39 is 0 Å². The molecule has 0 unspecified atom stereocenters. The van der Waals surface area contributed by atoms with E-state index in [1.807, 2.05) is 30.5 Å². The number of nitrogens with one attached hydrogen (secondary N) is 1. The van der Waals surface area contributed by atoms with E-state index in [1.165, 1.54) is 30.8 Å². The molecular formula is C26H26FN5. The lowest BCUT2D eigenvalue weighted by Crippen LogP contribution is -2.33. The van der Waals surface area contributed by atoms with Crippen LogP contribution in [0.25, 0.3) is 21.9 Å². The van der Waals surface area contributed by atoms with Gasteiger partial charge in [-0.2, -0.15) is 0 Å². The number of hydrogen-bond donors (Lipinski definition) is 1. The fourth-order valence-corrected chi connectivity index (χ4v) is 4.41. The van der Waals surface area contributed by atoms with Gasteiger partial charge in [-0.05, 0) is 62.1 Å². The third-order valence-electron chi connectivity index (χ3n) is 6.31. The molecule has 2 aliphatic rings. The number of likely N-dealkylation sites (tertiary alicyclic amines) is 1. The number of anilines is 1. The van der Waals surface area contributed by atoms with Crippen molar-refractivity contribution in [2.75, 3.05) is 25.5 Å². The molecule has 1 N–H and O–H groups in total. The molecule has 1 fully saturated rings. The largest absolute Gasteiger partial charge is 0.339 e. The van der Waals surface area contributed by atoms with Gasteiger partial charge in [0.25, 0.3) is 0 Å². The van der Waals surface area contributed by atoms with Gasteiger partial charge in [0, 0.05) is 41.4 Å². The zero-order valence-electron chi connectivity index (χ0n) is 18.2. The quantitative estimate of drug-likeness (QED) is 0.590. The molecule has 0 atom stereocenters. The van der Waals surface area contributed by atoms with Crippen LogP contribution in [0.3, 0.4) is 0 Å². The molecule has 2 aromatic heterocycles. The second kappa shape index (κ2) is 8.63. The van der Waals surface area contributed by atoms with E-state index in [1.54, 1.807) is 6.20 Å². The summed E-state index contributed by atoms with van der Waals surface area (Å²) < 4.78 is 13.6. The number of nitrogens with zero attached hydrogens (tertiary/aromatic N) is 4. The van der Waals surface area contributed by atoms with Crippen molar-refractivity contribution in [2.45, 2.75) is 19.3 Å². The first kappa shape index (κ1) is 20.5. The lowest BCUT2D eigenvalue weighted by Gasteiger charge is -2.28. The Labute approximate surface area is 187 Å². The number of allylic oxidation sites excluding steroid dienone is 1. The van der Waals surface area contributed by atoms with Gasteiger partial charge in [-0.3, -0.25) is 9.98 Å². The van der Waals surface area contributed by atoms with Crippen LogP contribution < -0.4 is 5.32 Å². The zero-order valence-corrected chi connectivity index (χ0v) is 18.2. The minimum atomic E-state index is -0.346. The van der Waals surface area contributed by atoms with Crippen molar-refractivity contribution in [2.24, 2.45) is 10.9 Å². The van der Waals surface area contributed by atoms with Crippen molar-refractivity contribution in [3.05, 3.63) is 78.8 Å². The van der Waals surface area contributed by atoms with Gasteiger partial charge in [-0.1, -0.05) is 24.8 Å². The molecule has 2 aliphatic heterocycles. The topological polar surface area (TPSA) is 53.4 Å². The summed E-state index contributed by atoms with van der Waals surface area (Å²) in [6.45, 7) is 6.46. The average molecular weight is 428 g/mol. The molecule has 162 valence electrons. The molecule has 5 nitrogen and oxygen atoms in total. The van der Waals surface area contributed by atoms with Crippen molar-refractivity contribution in [3.8, 4) is 11.1 Å². The molecule has 1 aromatic carbocycles. The molecular weight excluding hydrogens is 401 g/mol. The van der Waals surface area contributed by atoms with Gasteiger partial charge in [0.2, 0.25) is 0 Å². The number of piperidine rings is 1. The SMILES string of the molecule is C=C(Nc1cc2cc(-c3cncc(F)c3)ccc2cn1)C1=CCC(C2CCN(C)CC2)=N1. The van der Waals surface area contributed by atoms with Crippen molar-refractivity contribution in [1.29, 1.82) is 0 Å². The number of aromatic nitrogens is 2. The van der Waals surface area contributed by atoms with Gasteiger partial charge in [0.15, 0.2) is 0 Å². The molecule has 32 heavy (non-hydrogen) atoms. The Balaban J connectivity index is 1.32. The van der Waals surface area contributed by atoms with Crippen LogP contribution in [0, 0.1) is 11.7 Å². The number of benzene rings is 1. The van der Waals surface area contributed by atoms with E-state index in [0.29, 0.717) is 11.7 Å². The van der Waals surface area contributed by atoms with Gasteiger partial charge >= 0.3 is 0 Å². The molecule has 5 rings (SSSR count). The second-order valence-corrected chi connectivity index (χ2v) is 8.60. The fraction of sp³-hybridized carbons (Fsp3) is 0.269. The van der Waals surface area contributed by atoms with E-state index in [9.17, 15) is 4.39 Å². The summed E-state index contributed by atoms with van der Waals surface area (Å²) in [6, 6.07) is 9.43. The number of pyridine rings is 2. The first-order valence-electron chi connectivity index (χ1n) is 11.0. The van der Waals surface area contributed by atoms with E-state index in [4.69, 9.17) is 4.99 Å². The highest BCUT2D eigenvalue weighted by molar-refractivity contribution is 5.92. The van der Waals surface area contributed by atoms with Gasteiger partial charge in [0.05, 0.1) is 17.6 Å². The first-order valence-corrected chi connectivity index (χ1v) is 11.0. The molecule has 0 bridgehead atoms. The first-order chi connectivity index (χ1) is 15.5. The van der Waals surface area contributed by atoms with E-state index in [0.717, 1.165) is 52.8 Å². The van der Waals surface area contributed by atoms with Crippen LogP contribution >= 0.6 is 0 Å². The molecule has 0 radical (unpaired) electrons. The third-order valence-corrected chi connectivity index (χ3v) is 6.31. The number of aliphatic imine (C=N–C) groups is 1. The zero-order chi connectivity index (χ0) is 22.1. The molecule has 0 amide bonds. The second-order valence-electron chi connectivity index (χ2n) is 8.60. The van der Waals surface area contributed by atoms with Crippen LogP contribution in [-0.4, -0.2) is 40.7 Å². The summed E-state index contributed by atoms with van der Waals surface area (Å²) in [5.74, 6) is 0.934. The molecule has 4 heterocycles. The summed E-state index contributed by atoms with van der Waals surface area (Å²) in [6.07, 6.45) is 10.1. The van der Waals surface area contributed by atoms with E-state index in [2.05, 4.69) is 39.9 Å². The maximum atomic E-state index is 13.6. The molecule has 0 saturated carbocycles. The smallest absolute Gasteiger partial charge is 0.142 e. The van der Waals surface area contributed by atoms with Gasteiger partial charge in [0.1, 0.15) is 11.6 Å². The minimum Gasteiger partial charge on any atom is -0.339 e. The Hall–Kier alpha value is -3.38. The summed E-state index contributed by atoms with van der Waals surface area (Å²) >= 11 is 0. The van der Waals surface area contributed by atoms with E-state index in [-0.39, 0.29) is 5.82 Å². The predicted octanol–water partition coefficient (Wildman–Crippen LogP) is 5.43. The van der Waals surface area contributed by atoms with Crippen molar-refractivity contribution >= 4 is 22.3 Å². The highest BCUT2D eigenvalue weighted by atomic mass is 19.1. The van der Waals surface area contributed by atoms with Crippen molar-refractivity contribution < 1.29 is 4.39 Å². The lowest BCUT2D eigenvalue weighted by molar-refractivity contribution is 0.251. The minimum absolute atomic E-state index is 0.346. The van der Waals surface area contributed by atoms with Gasteiger partial charge < -0.3 is 10.2 Å². The monoisotopic (exact) mass is 427 g/mol. The highest BCUT2D eigenvalue weighted by Crippen LogP contribution is 2.29. The average Bonchev–Trinajstić information content (AvgIpc) is 3.30. The number of halogens is 1. The Morgan fingerprint density at radius 3 is 2.72 bits per heavy atom. The lowest BCUT2D eigenvalue weighted by atomic mass is 9.91. The molecule has 3 aromatic rings. The standard InChI is InChI=1S/C26H26FN5/c1-17(24-5-6-25(31-24)18-7-9-32(2)10-8-18)30-26-13-21-11-19(3-4-20(21)15-29-26)22-12-23(27)16-28-14-22/h3-5,11-16,18H,1,6-10H2,2H3,(H,29,30). The fourth-order valence-electron chi connectivity index (χ4n) is 4.41. The Morgan fingerprint density at radius 1 is 1.06 bits per heavy atom. The molecule has 1 saturated heterocycles. The number of fused-ring (bicyclic) bond motifs is 1. The van der Waals surface area contributed by atoms with E-state index >= 15 is 0 Å². The summed E-state index contributed by atoms with van der Waals surface area (Å²) in [4.78, 5) is 15.7. The van der Waals surface area contributed by atoms with Gasteiger partial charge in [-0.25, -0.2) is 9.37 Å². The van der Waals surface area contributed by atoms with Crippen LogP contribution in [0.1, 0.15) is 19.3 Å². The molecule has 0 aliphatic carbocycles. The number of rotatable bonds is 5. The number of hydrogen-bond acceptors (Lipinski definition) is 5. The van der Waals surface area contributed by atoms with Crippen LogP contribution in [-0.2, 0) is 0 Å². The van der Waals surface area contributed by atoms with Gasteiger partial charge in [-0.15, -0.1) is 0 Å².